The van der Waals surface area contributed by atoms with Crippen LogP contribution in [-0.4, -0.2) is 15.5 Å². The molecule has 4 nitrogen and oxygen atoms in total. The molecule has 21 heavy (non-hydrogen) atoms. The number of carboxylic acids is 1. The van der Waals surface area contributed by atoms with Crippen molar-refractivity contribution in [3.05, 3.63) is 70.5 Å². The SMILES string of the molecule is O=C(O)c1c(NCc2cccc(Br)c2)ccc2cccn12. The fourth-order valence-electron chi connectivity index (χ4n) is 2.32. The van der Waals surface area contributed by atoms with Crippen LogP contribution in [0.1, 0.15) is 16.1 Å². The van der Waals surface area contributed by atoms with E-state index < -0.39 is 5.97 Å². The van der Waals surface area contributed by atoms with Crippen LogP contribution >= 0.6 is 15.9 Å². The number of hydrogen-bond donors (Lipinski definition) is 2. The summed E-state index contributed by atoms with van der Waals surface area (Å²) in [5.74, 6) is -0.950. The van der Waals surface area contributed by atoms with Crippen molar-refractivity contribution < 1.29 is 9.90 Å². The third-order valence-electron chi connectivity index (χ3n) is 3.27. The maximum atomic E-state index is 11.5. The summed E-state index contributed by atoms with van der Waals surface area (Å²) >= 11 is 3.43. The van der Waals surface area contributed by atoms with Crippen molar-refractivity contribution in [2.75, 3.05) is 5.32 Å². The van der Waals surface area contributed by atoms with Crippen molar-refractivity contribution in [1.82, 2.24) is 4.40 Å². The van der Waals surface area contributed by atoms with Crippen molar-refractivity contribution in [2.45, 2.75) is 6.54 Å². The molecule has 5 heteroatoms. The number of pyridine rings is 1. The largest absolute Gasteiger partial charge is 0.476 e. The second-order valence-corrected chi connectivity index (χ2v) is 5.60. The van der Waals surface area contributed by atoms with E-state index in [0.717, 1.165) is 15.6 Å². The van der Waals surface area contributed by atoms with Gasteiger partial charge in [-0.15, -0.1) is 0 Å². The lowest BCUT2D eigenvalue weighted by Crippen LogP contribution is -2.11. The molecular weight excluding hydrogens is 332 g/mol. The van der Waals surface area contributed by atoms with Crippen molar-refractivity contribution in [1.29, 1.82) is 0 Å². The smallest absolute Gasteiger partial charge is 0.355 e. The van der Waals surface area contributed by atoms with Gasteiger partial charge in [-0.2, -0.15) is 0 Å². The number of carboxylic acid groups (broad SMARTS) is 1. The van der Waals surface area contributed by atoms with Crippen LogP contribution in [-0.2, 0) is 6.54 Å². The van der Waals surface area contributed by atoms with E-state index in [1.54, 1.807) is 16.7 Å². The highest BCUT2D eigenvalue weighted by Crippen LogP contribution is 2.20. The van der Waals surface area contributed by atoms with Crippen LogP contribution in [0.5, 0.6) is 0 Å². The number of aromatic nitrogens is 1. The molecule has 0 spiro atoms. The number of halogens is 1. The summed E-state index contributed by atoms with van der Waals surface area (Å²) in [5.41, 5.74) is 2.78. The van der Waals surface area contributed by atoms with E-state index in [0.29, 0.717) is 12.2 Å². The number of benzene rings is 1. The summed E-state index contributed by atoms with van der Waals surface area (Å²) in [6.45, 7) is 0.562. The fourth-order valence-corrected chi connectivity index (χ4v) is 2.76. The van der Waals surface area contributed by atoms with Gasteiger partial charge >= 0.3 is 5.97 Å². The second-order valence-electron chi connectivity index (χ2n) is 4.69. The summed E-state index contributed by atoms with van der Waals surface area (Å²) in [5, 5.41) is 12.7. The minimum absolute atomic E-state index is 0.243. The van der Waals surface area contributed by atoms with Crippen LogP contribution < -0.4 is 5.32 Å². The predicted octanol–water partition coefficient (Wildman–Crippen LogP) is 4.01. The minimum atomic E-state index is -0.950. The summed E-state index contributed by atoms with van der Waals surface area (Å²) in [7, 11) is 0. The molecule has 0 unspecified atom stereocenters. The van der Waals surface area contributed by atoms with E-state index in [2.05, 4.69) is 21.2 Å². The molecule has 0 fully saturated rings. The molecule has 2 aromatic heterocycles. The van der Waals surface area contributed by atoms with Crippen LogP contribution in [0, 0.1) is 0 Å². The molecule has 0 aliphatic heterocycles. The normalized spacial score (nSPS) is 10.7. The van der Waals surface area contributed by atoms with E-state index in [-0.39, 0.29) is 5.69 Å². The maximum absolute atomic E-state index is 11.5. The van der Waals surface area contributed by atoms with Crippen molar-refractivity contribution >= 4 is 33.1 Å². The lowest BCUT2D eigenvalue weighted by atomic mass is 10.2. The second kappa shape index (κ2) is 5.61. The van der Waals surface area contributed by atoms with Gasteiger partial charge in [-0.05, 0) is 42.0 Å². The lowest BCUT2D eigenvalue weighted by molar-refractivity contribution is 0.0690. The zero-order chi connectivity index (χ0) is 14.8. The van der Waals surface area contributed by atoms with Gasteiger partial charge in [-0.25, -0.2) is 4.79 Å². The molecule has 0 radical (unpaired) electrons. The van der Waals surface area contributed by atoms with Crippen molar-refractivity contribution in [2.24, 2.45) is 0 Å². The van der Waals surface area contributed by atoms with Crippen LogP contribution in [0.4, 0.5) is 5.69 Å². The number of nitrogens with one attached hydrogen (secondary N) is 1. The molecule has 0 aliphatic rings. The van der Waals surface area contributed by atoms with Crippen LogP contribution in [0.3, 0.4) is 0 Å². The van der Waals surface area contributed by atoms with E-state index in [4.69, 9.17) is 0 Å². The number of carbonyl (C=O) groups is 1. The first-order valence-corrected chi connectivity index (χ1v) is 7.26. The van der Waals surface area contributed by atoms with Gasteiger partial charge in [0.1, 0.15) is 0 Å². The maximum Gasteiger partial charge on any atom is 0.355 e. The Bertz CT molecular complexity index is 811. The molecule has 0 bridgehead atoms. The molecule has 0 saturated carbocycles. The molecule has 0 aliphatic carbocycles. The molecule has 1 aromatic carbocycles. The molecule has 106 valence electrons. The highest BCUT2D eigenvalue weighted by molar-refractivity contribution is 9.10. The number of hydrogen-bond acceptors (Lipinski definition) is 2. The topological polar surface area (TPSA) is 53.7 Å². The Morgan fingerprint density at radius 2 is 2.05 bits per heavy atom. The van der Waals surface area contributed by atoms with Gasteiger partial charge in [0.05, 0.1) is 5.69 Å². The molecular formula is C16H13BrN2O2. The van der Waals surface area contributed by atoms with E-state index in [9.17, 15) is 9.90 Å². The highest BCUT2D eigenvalue weighted by Gasteiger charge is 2.14. The van der Waals surface area contributed by atoms with Gasteiger partial charge in [0.15, 0.2) is 5.69 Å². The van der Waals surface area contributed by atoms with Gasteiger partial charge in [0.2, 0.25) is 0 Å². The molecule has 0 amide bonds. The van der Waals surface area contributed by atoms with Gasteiger partial charge < -0.3 is 14.8 Å². The first-order chi connectivity index (χ1) is 10.1. The van der Waals surface area contributed by atoms with Gasteiger partial charge in [-0.3, -0.25) is 0 Å². The zero-order valence-electron chi connectivity index (χ0n) is 11.1. The van der Waals surface area contributed by atoms with Gasteiger partial charge in [-0.1, -0.05) is 28.1 Å². The monoisotopic (exact) mass is 344 g/mol. The fraction of sp³-hybridized carbons (Fsp3) is 0.0625. The number of nitrogens with zero attached hydrogens (tertiary/aromatic N) is 1. The standard InChI is InChI=1S/C16H13BrN2O2/c17-12-4-1-3-11(9-12)10-18-14-7-6-13-5-2-8-19(13)15(14)16(20)21/h1-9,18H,10H2,(H,20,21). The highest BCUT2D eigenvalue weighted by atomic mass is 79.9. The predicted molar refractivity (Wildman–Crippen MR) is 85.8 cm³/mol. The summed E-state index contributed by atoms with van der Waals surface area (Å²) in [6, 6.07) is 15.3. The number of fused-ring (bicyclic) bond motifs is 1. The Morgan fingerprint density at radius 3 is 2.81 bits per heavy atom. The van der Waals surface area contributed by atoms with Crippen LogP contribution in [0.25, 0.3) is 5.52 Å². The van der Waals surface area contributed by atoms with Gasteiger partial charge in [0.25, 0.3) is 0 Å². The lowest BCUT2D eigenvalue weighted by Gasteiger charge is -2.12. The number of anilines is 1. The third kappa shape index (κ3) is 2.78. The molecule has 2 N–H and O–H groups in total. The van der Waals surface area contributed by atoms with Crippen LogP contribution in [0.15, 0.2) is 59.2 Å². The third-order valence-corrected chi connectivity index (χ3v) is 3.76. The summed E-state index contributed by atoms with van der Waals surface area (Å²) in [4.78, 5) is 11.5. The van der Waals surface area contributed by atoms with Gasteiger partial charge in [0, 0.05) is 22.7 Å². The molecule has 3 rings (SSSR count). The van der Waals surface area contributed by atoms with Crippen LogP contribution in [0.2, 0.25) is 0 Å². The van der Waals surface area contributed by atoms with E-state index in [1.807, 2.05) is 42.5 Å². The first-order valence-electron chi connectivity index (χ1n) is 6.47. The summed E-state index contributed by atoms with van der Waals surface area (Å²) in [6.07, 6.45) is 1.75. The Labute approximate surface area is 130 Å². The Morgan fingerprint density at radius 1 is 1.19 bits per heavy atom. The number of rotatable bonds is 4. The average Bonchev–Trinajstić information content (AvgIpc) is 2.92. The first kappa shape index (κ1) is 13.7. The molecule has 3 aromatic rings. The number of aromatic carboxylic acids is 1. The van der Waals surface area contributed by atoms with E-state index >= 15 is 0 Å². The van der Waals surface area contributed by atoms with Crippen molar-refractivity contribution in [3.8, 4) is 0 Å². The zero-order valence-corrected chi connectivity index (χ0v) is 12.7. The van der Waals surface area contributed by atoms with E-state index in [1.165, 1.54) is 0 Å². The van der Waals surface area contributed by atoms with Crippen molar-refractivity contribution in [3.63, 3.8) is 0 Å². The molecule has 2 heterocycles. The minimum Gasteiger partial charge on any atom is -0.476 e. The summed E-state index contributed by atoms with van der Waals surface area (Å²) < 4.78 is 2.67. The Hall–Kier alpha value is -2.27. The Kier molecular flexibility index (Phi) is 3.66. The Balaban J connectivity index is 1.93. The average molecular weight is 345 g/mol. The molecule has 0 saturated heterocycles. The quantitative estimate of drug-likeness (QED) is 0.751. The molecule has 0 atom stereocenters.